The Labute approximate surface area is 82.0 Å². The molecule has 0 unspecified atom stereocenters. The summed E-state index contributed by atoms with van der Waals surface area (Å²) in [7, 11) is 0. The molecule has 4 heteroatoms. The third kappa shape index (κ3) is 2.26. The first kappa shape index (κ1) is 10.1. The maximum atomic E-state index is 11.4. The smallest absolute Gasteiger partial charge is 0.255 e. The number of nitrogens with one attached hydrogen (secondary N) is 1. The third-order valence-electron chi connectivity index (χ3n) is 1.67. The topological polar surface area (TPSA) is 75.4 Å². The summed E-state index contributed by atoms with van der Waals surface area (Å²) in [5.41, 5.74) is 6.05. The van der Waals surface area contributed by atoms with E-state index in [1.165, 1.54) is 12.1 Å². The average Bonchev–Trinajstić information content (AvgIpc) is 2.14. The van der Waals surface area contributed by atoms with Crippen LogP contribution in [0.1, 0.15) is 10.4 Å². The van der Waals surface area contributed by atoms with E-state index in [2.05, 4.69) is 11.9 Å². The van der Waals surface area contributed by atoms with Crippen LogP contribution in [-0.2, 0) is 0 Å². The van der Waals surface area contributed by atoms with Crippen molar-refractivity contribution in [3.8, 4) is 5.75 Å². The second-order valence-corrected chi connectivity index (χ2v) is 2.78. The number of amides is 1. The molecule has 0 bridgehead atoms. The van der Waals surface area contributed by atoms with Crippen LogP contribution >= 0.6 is 0 Å². The Morgan fingerprint density at radius 2 is 2.36 bits per heavy atom. The maximum absolute atomic E-state index is 11.4. The molecule has 4 N–H and O–H groups in total. The summed E-state index contributed by atoms with van der Waals surface area (Å²) in [6.07, 6.45) is 1.56. The van der Waals surface area contributed by atoms with Crippen LogP contribution in [0.15, 0.2) is 30.9 Å². The number of phenolic OH excluding ortho intramolecular Hbond substituents is 1. The normalized spacial score (nSPS) is 9.43. The van der Waals surface area contributed by atoms with Gasteiger partial charge in [-0.2, -0.15) is 0 Å². The van der Waals surface area contributed by atoms with Crippen molar-refractivity contribution in [2.45, 2.75) is 0 Å². The van der Waals surface area contributed by atoms with Gasteiger partial charge in [0.1, 0.15) is 5.75 Å². The van der Waals surface area contributed by atoms with E-state index in [0.29, 0.717) is 12.2 Å². The molecule has 0 aromatic heterocycles. The molecule has 0 heterocycles. The number of anilines is 1. The highest BCUT2D eigenvalue weighted by Gasteiger charge is 2.09. The third-order valence-corrected chi connectivity index (χ3v) is 1.67. The monoisotopic (exact) mass is 192 g/mol. The largest absolute Gasteiger partial charge is 0.507 e. The molecule has 74 valence electrons. The molecule has 0 aliphatic heterocycles. The van der Waals surface area contributed by atoms with Crippen molar-refractivity contribution in [2.24, 2.45) is 0 Å². The Bertz CT molecular complexity index is 361. The van der Waals surface area contributed by atoms with Gasteiger partial charge in [0.15, 0.2) is 0 Å². The van der Waals surface area contributed by atoms with Crippen molar-refractivity contribution in [1.82, 2.24) is 5.32 Å². The van der Waals surface area contributed by atoms with Crippen molar-refractivity contribution >= 4 is 11.6 Å². The lowest BCUT2D eigenvalue weighted by molar-refractivity contribution is 0.0955. The van der Waals surface area contributed by atoms with Gasteiger partial charge in [0.25, 0.3) is 5.91 Å². The number of benzene rings is 1. The minimum Gasteiger partial charge on any atom is -0.507 e. The van der Waals surface area contributed by atoms with Gasteiger partial charge in [-0.15, -0.1) is 6.58 Å². The zero-order valence-corrected chi connectivity index (χ0v) is 7.66. The van der Waals surface area contributed by atoms with Crippen molar-refractivity contribution in [3.63, 3.8) is 0 Å². The van der Waals surface area contributed by atoms with Crippen LogP contribution < -0.4 is 11.1 Å². The Morgan fingerprint density at radius 3 is 2.93 bits per heavy atom. The molecule has 0 aliphatic rings. The first-order chi connectivity index (χ1) is 6.65. The fourth-order valence-corrected chi connectivity index (χ4v) is 1.00. The average molecular weight is 192 g/mol. The van der Waals surface area contributed by atoms with Crippen molar-refractivity contribution in [2.75, 3.05) is 12.3 Å². The van der Waals surface area contributed by atoms with Gasteiger partial charge in [-0.05, 0) is 12.1 Å². The molecule has 1 rings (SSSR count). The lowest BCUT2D eigenvalue weighted by Crippen LogP contribution is -2.23. The predicted molar refractivity (Wildman–Crippen MR) is 55.0 cm³/mol. The van der Waals surface area contributed by atoms with Crippen LogP contribution in [0.3, 0.4) is 0 Å². The summed E-state index contributed by atoms with van der Waals surface area (Å²) in [6.45, 7) is 3.83. The molecule has 1 aromatic rings. The van der Waals surface area contributed by atoms with E-state index in [-0.39, 0.29) is 17.2 Å². The molecule has 4 nitrogen and oxygen atoms in total. The number of carbonyl (C=O) groups excluding carboxylic acids is 1. The van der Waals surface area contributed by atoms with E-state index in [9.17, 15) is 9.90 Å². The lowest BCUT2D eigenvalue weighted by atomic mass is 10.1. The maximum Gasteiger partial charge on any atom is 0.255 e. The summed E-state index contributed by atoms with van der Waals surface area (Å²) >= 11 is 0. The van der Waals surface area contributed by atoms with Gasteiger partial charge in [0.05, 0.1) is 5.56 Å². The SMILES string of the molecule is C=CCNC(=O)c1ccc(N)cc1O. The number of nitrogens with two attached hydrogens (primary N) is 1. The van der Waals surface area contributed by atoms with Gasteiger partial charge in [0.2, 0.25) is 0 Å². The quantitative estimate of drug-likeness (QED) is 0.491. The molecular formula is C10H12N2O2. The zero-order valence-electron chi connectivity index (χ0n) is 7.66. The van der Waals surface area contributed by atoms with Crippen molar-refractivity contribution in [1.29, 1.82) is 0 Å². The van der Waals surface area contributed by atoms with E-state index >= 15 is 0 Å². The molecule has 1 amide bonds. The Balaban J connectivity index is 2.84. The molecule has 0 fully saturated rings. The standard InChI is InChI=1S/C10H12N2O2/c1-2-5-12-10(14)8-4-3-7(11)6-9(8)13/h2-4,6,13H,1,5,11H2,(H,12,14). The van der Waals surface area contributed by atoms with Crippen LogP contribution in [0.5, 0.6) is 5.75 Å². The van der Waals surface area contributed by atoms with Crippen LogP contribution in [0.2, 0.25) is 0 Å². The van der Waals surface area contributed by atoms with Gasteiger partial charge in [-0.3, -0.25) is 4.79 Å². The number of hydrogen-bond donors (Lipinski definition) is 3. The Hall–Kier alpha value is -1.97. The highest BCUT2D eigenvalue weighted by molar-refractivity contribution is 5.97. The molecule has 1 aromatic carbocycles. The fourth-order valence-electron chi connectivity index (χ4n) is 1.00. The molecule has 0 radical (unpaired) electrons. The molecule has 0 spiro atoms. The predicted octanol–water partition coefficient (Wildman–Crippen LogP) is 0.890. The summed E-state index contributed by atoms with van der Waals surface area (Å²) in [4.78, 5) is 11.4. The van der Waals surface area contributed by atoms with Gasteiger partial charge in [-0.25, -0.2) is 0 Å². The van der Waals surface area contributed by atoms with E-state index in [4.69, 9.17) is 5.73 Å². The molecule has 14 heavy (non-hydrogen) atoms. The molecule has 0 saturated heterocycles. The van der Waals surface area contributed by atoms with E-state index in [1.54, 1.807) is 12.1 Å². The summed E-state index contributed by atoms with van der Waals surface area (Å²) in [5, 5.41) is 11.9. The first-order valence-corrected chi connectivity index (χ1v) is 4.12. The number of phenols is 1. The van der Waals surface area contributed by atoms with Crippen LogP contribution in [0, 0.1) is 0 Å². The van der Waals surface area contributed by atoms with E-state index in [1.807, 2.05) is 0 Å². The Morgan fingerprint density at radius 1 is 1.64 bits per heavy atom. The Kier molecular flexibility index (Phi) is 3.12. The number of aromatic hydroxyl groups is 1. The second kappa shape index (κ2) is 4.32. The number of carbonyl (C=O) groups is 1. The number of nitrogen functional groups attached to an aromatic ring is 1. The zero-order chi connectivity index (χ0) is 10.6. The summed E-state index contributed by atoms with van der Waals surface area (Å²) < 4.78 is 0. The molecule has 0 atom stereocenters. The highest BCUT2D eigenvalue weighted by Crippen LogP contribution is 2.19. The van der Waals surface area contributed by atoms with E-state index in [0.717, 1.165) is 0 Å². The van der Waals surface area contributed by atoms with Gasteiger partial charge >= 0.3 is 0 Å². The van der Waals surface area contributed by atoms with Gasteiger partial charge in [0, 0.05) is 18.3 Å². The van der Waals surface area contributed by atoms with Crippen LogP contribution in [0.4, 0.5) is 5.69 Å². The van der Waals surface area contributed by atoms with Crippen molar-refractivity contribution < 1.29 is 9.90 Å². The van der Waals surface area contributed by atoms with E-state index < -0.39 is 0 Å². The summed E-state index contributed by atoms with van der Waals surface area (Å²) in [6, 6.07) is 4.37. The summed E-state index contributed by atoms with van der Waals surface area (Å²) in [5.74, 6) is -0.464. The lowest BCUT2D eigenvalue weighted by Gasteiger charge is -2.05. The first-order valence-electron chi connectivity index (χ1n) is 4.12. The fraction of sp³-hybridized carbons (Fsp3) is 0.100. The number of hydrogen-bond acceptors (Lipinski definition) is 3. The second-order valence-electron chi connectivity index (χ2n) is 2.78. The van der Waals surface area contributed by atoms with Gasteiger partial charge < -0.3 is 16.2 Å². The van der Waals surface area contributed by atoms with Gasteiger partial charge in [-0.1, -0.05) is 6.08 Å². The van der Waals surface area contributed by atoms with Crippen molar-refractivity contribution in [3.05, 3.63) is 36.4 Å². The molecule has 0 aliphatic carbocycles. The minimum absolute atomic E-state index is 0.119. The molecular weight excluding hydrogens is 180 g/mol. The highest BCUT2D eigenvalue weighted by atomic mass is 16.3. The van der Waals surface area contributed by atoms with Crippen LogP contribution in [0.25, 0.3) is 0 Å². The molecule has 0 saturated carbocycles. The number of rotatable bonds is 3. The minimum atomic E-state index is -0.345. The van der Waals surface area contributed by atoms with Crippen LogP contribution in [-0.4, -0.2) is 17.6 Å².